The third-order valence-corrected chi connectivity index (χ3v) is 2.76. The number of para-hydroxylation sites is 4. The van der Waals surface area contributed by atoms with Crippen molar-refractivity contribution in [2.75, 3.05) is 0 Å². The van der Waals surface area contributed by atoms with E-state index in [0.717, 1.165) is 22.1 Å². The molecule has 0 fully saturated rings. The first-order valence-electron chi connectivity index (χ1n) is 5.81. The Hall–Kier alpha value is -1.16. The molecule has 0 aliphatic carbocycles. The van der Waals surface area contributed by atoms with Crippen LogP contribution in [0.25, 0.3) is 22.1 Å². The zero-order valence-corrected chi connectivity index (χ0v) is 14.8. The van der Waals surface area contributed by atoms with Crippen molar-refractivity contribution < 1.29 is 57.9 Å². The molecule has 2 heterocycles. The van der Waals surface area contributed by atoms with Gasteiger partial charge in [-0.05, 0) is 24.3 Å². The summed E-state index contributed by atoms with van der Waals surface area (Å²) < 4.78 is 0. The second-order valence-corrected chi connectivity index (χ2v) is 3.96. The Morgan fingerprint density at radius 1 is 0.600 bits per heavy atom. The highest BCUT2D eigenvalue weighted by Gasteiger charge is 1.96. The van der Waals surface area contributed by atoms with Crippen LogP contribution in [-0.2, 0) is 0 Å². The molecule has 0 saturated carbocycles. The number of rotatable bonds is 0. The minimum atomic E-state index is 0. The summed E-state index contributed by atoms with van der Waals surface area (Å²) in [6.45, 7) is 0. The van der Waals surface area contributed by atoms with Crippen LogP contribution in [0.2, 0.25) is 0 Å². The lowest BCUT2D eigenvalue weighted by atomic mass is 10.3. The van der Waals surface area contributed by atoms with Crippen molar-refractivity contribution >= 4 is 22.1 Å². The molecule has 4 N–H and O–H groups in total. The lowest BCUT2D eigenvalue weighted by molar-refractivity contribution is -0.344. The average Bonchev–Trinajstić information content (AvgIpc) is 3.08. The normalized spacial score (nSPS) is 9.20. The Morgan fingerprint density at radius 3 is 1.40 bits per heavy atom. The number of aromatic amines is 4. The van der Waals surface area contributed by atoms with Gasteiger partial charge in [0.25, 0.3) is 0 Å². The van der Waals surface area contributed by atoms with Gasteiger partial charge in [-0.15, -0.1) is 0 Å². The van der Waals surface area contributed by atoms with Crippen LogP contribution in [0, 0.1) is 0 Å². The molecule has 0 aliphatic rings. The zero-order chi connectivity index (χ0) is 12.2. The number of benzene rings is 2. The maximum atomic E-state index is 3.06. The van der Waals surface area contributed by atoms with Crippen LogP contribution >= 0.6 is 0 Å². The summed E-state index contributed by atoms with van der Waals surface area (Å²) in [5, 5.41) is 0. The van der Waals surface area contributed by atoms with E-state index in [4.69, 9.17) is 0 Å². The van der Waals surface area contributed by atoms with Gasteiger partial charge in [-0.3, -0.25) is 0 Å². The van der Waals surface area contributed by atoms with E-state index in [1.165, 1.54) is 0 Å². The molecular formula is C14H14I2N4. The molecule has 4 nitrogen and oxygen atoms in total. The van der Waals surface area contributed by atoms with E-state index < -0.39 is 0 Å². The van der Waals surface area contributed by atoms with Crippen molar-refractivity contribution in [2.45, 2.75) is 0 Å². The fourth-order valence-corrected chi connectivity index (χ4v) is 1.85. The van der Waals surface area contributed by atoms with Gasteiger partial charge in [0.1, 0.15) is 0 Å². The molecule has 0 amide bonds. The predicted octanol–water partition coefficient (Wildman–Crippen LogP) is -4.03. The van der Waals surface area contributed by atoms with Crippen molar-refractivity contribution in [3.05, 3.63) is 61.2 Å². The highest BCUT2D eigenvalue weighted by molar-refractivity contribution is 5.70. The third kappa shape index (κ3) is 3.92. The van der Waals surface area contributed by atoms with Gasteiger partial charge in [0.15, 0.2) is 22.1 Å². The molecule has 0 aliphatic heterocycles. The Kier molecular flexibility index (Phi) is 6.93. The Balaban J connectivity index is 0.000000182. The van der Waals surface area contributed by atoms with E-state index in [9.17, 15) is 0 Å². The van der Waals surface area contributed by atoms with Gasteiger partial charge >= 0.3 is 0 Å². The van der Waals surface area contributed by atoms with Gasteiger partial charge in [-0.25, -0.2) is 19.9 Å². The number of fused-ring (bicyclic) bond motifs is 2. The quantitative estimate of drug-likeness (QED) is 0.235. The summed E-state index contributed by atoms with van der Waals surface area (Å²) in [7, 11) is 0. The first kappa shape index (κ1) is 16.9. The minimum absolute atomic E-state index is 0. The first-order valence-corrected chi connectivity index (χ1v) is 5.81. The van der Waals surface area contributed by atoms with Crippen molar-refractivity contribution in [3.8, 4) is 0 Å². The number of imidazole rings is 2. The summed E-state index contributed by atoms with van der Waals surface area (Å²) in [6.07, 6.45) is 3.65. The second-order valence-electron chi connectivity index (χ2n) is 3.96. The van der Waals surface area contributed by atoms with E-state index in [1.807, 2.05) is 61.2 Å². The molecule has 20 heavy (non-hydrogen) atoms. The predicted molar refractivity (Wildman–Crippen MR) is 69.7 cm³/mol. The highest BCUT2D eigenvalue weighted by Crippen LogP contribution is 2.02. The van der Waals surface area contributed by atoms with E-state index in [-0.39, 0.29) is 48.0 Å². The van der Waals surface area contributed by atoms with Crippen molar-refractivity contribution in [1.29, 1.82) is 0 Å². The third-order valence-electron chi connectivity index (χ3n) is 2.76. The van der Waals surface area contributed by atoms with Gasteiger partial charge in [0, 0.05) is 0 Å². The highest BCUT2D eigenvalue weighted by atomic mass is 127. The van der Waals surface area contributed by atoms with Gasteiger partial charge in [-0.1, -0.05) is 24.3 Å². The first-order chi connectivity index (χ1) is 8.93. The van der Waals surface area contributed by atoms with E-state index >= 15 is 0 Å². The largest absolute Gasteiger partial charge is 1.00 e. The molecule has 4 rings (SSSR count). The van der Waals surface area contributed by atoms with Crippen LogP contribution < -0.4 is 57.9 Å². The smallest absolute Gasteiger partial charge is 0.240 e. The summed E-state index contributed by atoms with van der Waals surface area (Å²) in [5.74, 6) is 0. The standard InChI is InChI=1S/2C7H6N2.2HI/c2*1-2-4-7-6(3-1)8-5-9-7;;/h2*1-5H,(H,8,9);2*1H. The summed E-state index contributed by atoms with van der Waals surface area (Å²) in [5.41, 5.74) is 4.60. The fraction of sp³-hybridized carbons (Fsp3) is 0. The summed E-state index contributed by atoms with van der Waals surface area (Å²) in [6, 6.07) is 16.2. The molecule has 6 heteroatoms. The summed E-state index contributed by atoms with van der Waals surface area (Å²) in [4.78, 5) is 12.3. The number of hydrogen-bond acceptors (Lipinski definition) is 0. The maximum absolute atomic E-state index is 3.06. The molecule has 0 spiro atoms. The SMILES string of the molecule is [I-].[I-].c1ccc2[nH+]c[nH]c2c1.c1ccc2[nH+]c[nH]c2c1. The van der Waals surface area contributed by atoms with Crippen molar-refractivity contribution in [2.24, 2.45) is 0 Å². The van der Waals surface area contributed by atoms with Crippen LogP contribution in [0.3, 0.4) is 0 Å². The van der Waals surface area contributed by atoms with Crippen LogP contribution in [0.15, 0.2) is 61.2 Å². The summed E-state index contributed by atoms with van der Waals surface area (Å²) >= 11 is 0. The number of nitrogens with one attached hydrogen (secondary N) is 4. The minimum Gasteiger partial charge on any atom is -1.00 e. The van der Waals surface area contributed by atoms with Crippen molar-refractivity contribution in [3.63, 3.8) is 0 Å². The molecule has 0 radical (unpaired) electrons. The van der Waals surface area contributed by atoms with E-state index in [1.54, 1.807) is 0 Å². The van der Waals surface area contributed by atoms with Gasteiger partial charge in [0.05, 0.1) is 0 Å². The maximum Gasteiger partial charge on any atom is 0.240 e. The molecule has 0 unspecified atom stereocenters. The van der Waals surface area contributed by atoms with E-state index in [2.05, 4.69) is 19.9 Å². The molecule has 0 bridgehead atoms. The van der Waals surface area contributed by atoms with E-state index in [0.29, 0.717) is 0 Å². The molecule has 2 aromatic heterocycles. The molecular weight excluding hydrogens is 478 g/mol. The molecule has 4 aromatic rings. The van der Waals surface area contributed by atoms with Gasteiger partial charge < -0.3 is 48.0 Å². The van der Waals surface area contributed by atoms with Gasteiger partial charge in [-0.2, -0.15) is 0 Å². The Morgan fingerprint density at radius 2 is 1.00 bits per heavy atom. The second kappa shape index (κ2) is 8.20. The topological polar surface area (TPSA) is 59.9 Å². The van der Waals surface area contributed by atoms with Crippen LogP contribution in [0.4, 0.5) is 0 Å². The monoisotopic (exact) mass is 492 g/mol. The van der Waals surface area contributed by atoms with Crippen LogP contribution in [-0.4, -0.2) is 9.97 Å². The average molecular weight is 492 g/mol. The van der Waals surface area contributed by atoms with Gasteiger partial charge in [0.2, 0.25) is 12.7 Å². The molecule has 0 atom stereocenters. The Bertz CT molecular complexity index is 637. The van der Waals surface area contributed by atoms with Crippen LogP contribution in [0.5, 0.6) is 0 Å². The molecule has 2 aromatic carbocycles. The van der Waals surface area contributed by atoms with Crippen LogP contribution in [0.1, 0.15) is 0 Å². The fourth-order valence-electron chi connectivity index (χ4n) is 1.85. The Labute approximate surface area is 150 Å². The number of hydrogen-bond donors (Lipinski definition) is 2. The zero-order valence-electron chi connectivity index (χ0n) is 10.5. The molecule has 0 saturated heterocycles. The number of aromatic nitrogens is 4. The molecule has 104 valence electrons. The number of halogens is 2. The number of H-pyrrole nitrogens is 4. The lowest BCUT2D eigenvalue weighted by Crippen LogP contribution is -3.00. The lowest BCUT2D eigenvalue weighted by Gasteiger charge is -1.76. The van der Waals surface area contributed by atoms with Crippen molar-refractivity contribution in [1.82, 2.24) is 9.97 Å².